The van der Waals surface area contributed by atoms with E-state index in [4.69, 9.17) is 0 Å². The standard InChI is InChI=1S/C26H38O3S/c1-24(2,29)11-5-13-30-16-18-7-9-21-20-8-6-17-14-19(27)15-23(28)26(17,4)22(20)10-12-25(18,21)3/h5-8,11,19,21-23,27-29H,9-10,12-16H2,1-4H3/t19-,21+,22+,23+,25-,26+/m1/s1. The molecule has 2 saturated carbocycles. The second-order valence-electron chi connectivity index (χ2n) is 10.8. The van der Waals surface area contributed by atoms with E-state index in [1.807, 2.05) is 17.8 Å². The van der Waals surface area contributed by atoms with Crippen molar-refractivity contribution in [2.45, 2.75) is 77.6 Å². The number of aliphatic hydroxyl groups excluding tert-OH is 2. The van der Waals surface area contributed by atoms with Crippen molar-refractivity contribution in [1.82, 2.24) is 0 Å². The smallest absolute Gasteiger partial charge is 0.0771 e. The fraction of sp³-hybridized carbons (Fsp3) is 0.692. The van der Waals surface area contributed by atoms with Crippen LogP contribution in [0.25, 0.3) is 0 Å². The molecule has 4 rings (SSSR count). The van der Waals surface area contributed by atoms with Crippen LogP contribution in [0.5, 0.6) is 0 Å². The molecule has 0 aliphatic heterocycles. The maximum atomic E-state index is 11.0. The van der Waals surface area contributed by atoms with Gasteiger partial charge in [-0.25, -0.2) is 0 Å². The number of fused-ring (bicyclic) bond motifs is 5. The van der Waals surface area contributed by atoms with Crippen LogP contribution in [0.2, 0.25) is 0 Å². The summed E-state index contributed by atoms with van der Waals surface area (Å²) in [7, 11) is 0. The van der Waals surface area contributed by atoms with Crippen LogP contribution in [0, 0.1) is 22.7 Å². The summed E-state index contributed by atoms with van der Waals surface area (Å²) in [6.07, 6.45) is 14.7. The Morgan fingerprint density at radius 2 is 1.97 bits per heavy atom. The monoisotopic (exact) mass is 430 g/mol. The van der Waals surface area contributed by atoms with Crippen LogP contribution < -0.4 is 0 Å². The number of allylic oxidation sites excluding steroid dienone is 4. The van der Waals surface area contributed by atoms with E-state index in [1.54, 1.807) is 19.4 Å². The molecule has 0 spiro atoms. The normalized spacial score (nSPS) is 41.0. The van der Waals surface area contributed by atoms with Gasteiger partial charge < -0.3 is 15.3 Å². The lowest BCUT2D eigenvalue weighted by Crippen LogP contribution is -2.52. The Labute approximate surface area is 186 Å². The van der Waals surface area contributed by atoms with Crippen molar-refractivity contribution in [1.29, 1.82) is 0 Å². The molecule has 0 amide bonds. The van der Waals surface area contributed by atoms with E-state index >= 15 is 0 Å². The molecule has 3 N–H and O–H groups in total. The van der Waals surface area contributed by atoms with Gasteiger partial charge in [0.1, 0.15) is 0 Å². The zero-order valence-electron chi connectivity index (χ0n) is 18.9. The highest BCUT2D eigenvalue weighted by molar-refractivity contribution is 7.99. The molecule has 0 aromatic rings. The van der Waals surface area contributed by atoms with Crippen LogP contribution in [0.15, 0.2) is 47.1 Å². The summed E-state index contributed by atoms with van der Waals surface area (Å²) in [5, 5.41) is 31.0. The third kappa shape index (κ3) is 3.79. The minimum atomic E-state index is -0.738. The summed E-state index contributed by atoms with van der Waals surface area (Å²) in [4.78, 5) is 0. The van der Waals surface area contributed by atoms with Crippen LogP contribution in [0.4, 0.5) is 0 Å². The van der Waals surface area contributed by atoms with Gasteiger partial charge in [0, 0.05) is 23.3 Å². The van der Waals surface area contributed by atoms with Crippen molar-refractivity contribution < 1.29 is 15.3 Å². The first-order chi connectivity index (χ1) is 14.1. The second kappa shape index (κ2) is 7.95. The van der Waals surface area contributed by atoms with Crippen LogP contribution in [-0.2, 0) is 0 Å². The van der Waals surface area contributed by atoms with Gasteiger partial charge in [-0.05, 0) is 56.8 Å². The molecule has 2 fully saturated rings. The maximum absolute atomic E-state index is 11.0. The average Bonchev–Trinajstić information content (AvgIpc) is 2.98. The topological polar surface area (TPSA) is 60.7 Å². The molecule has 30 heavy (non-hydrogen) atoms. The van der Waals surface area contributed by atoms with Crippen molar-refractivity contribution in [2.24, 2.45) is 22.7 Å². The highest BCUT2D eigenvalue weighted by atomic mass is 32.2. The van der Waals surface area contributed by atoms with Gasteiger partial charge >= 0.3 is 0 Å². The third-order valence-electron chi connectivity index (χ3n) is 8.39. The molecule has 3 nitrogen and oxygen atoms in total. The van der Waals surface area contributed by atoms with Crippen molar-refractivity contribution >= 4 is 11.8 Å². The lowest BCUT2D eigenvalue weighted by Gasteiger charge is -2.56. The Hall–Kier alpha value is -0.810. The van der Waals surface area contributed by atoms with Crippen LogP contribution in [0.1, 0.15) is 59.8 Å². The van der Waals surface area contributed by atoms with Crippen molar-refractivity contribution in [2.75, 3.05) is 11.5 Å². The molecule has 0 radical (unpaired) electrons. The molecular weight excluding hydrogens is 392 g/mol. The lowest BCUT2D eigenvalue weighted by atomic mass is 9.50. The fourth-order valence-electron chi connectivity index (χ4n) is 6.52. The molecule has 4 aliphatic rings. The molecule has 4 aliphatic carbocycles. The minimum Gasteiger partial charge on any atom is -0.393 e. The van der Waals surface area contributed by atoms with Crippen LogP contribution >= 0.6 is 11.8 Å². The maximum Gasteiger partial charge on any atom is 0.0771 e. The largest absolute Gasteiger partial charge is 0.393 e. The summed E-state index contributed by atoms with van der Waals surface area (Å²) in [5.41, 5.74) is 3.61. The summed E-state index contributed by atoms with van der Waals surface area (Å²) in [5.74, 6) is 2.90. The molecule has 0 saturated heterocycles. The highest BCUT2D eigenvalue weighted by Crippen LogP contribution is 2.63. The highest BCUT2D eigenvalue weighted by Gasteiger charge is 2.56. The predicted octanol–water partition coefficient (Wildman–Crippen LogP) is 4.80. The summed E-state index contributed by atoms with van der Waals surface area (Å²) < 4.78 is 0. The Kier molecular flexibility index (Phi) is 5.93. The lowest BCUT2D eigenvalue weighted by molar-refractivity contribution is -0.0488. The van der Waals surface area contributed by atoms with E-state index in [-0.39, 0.29) is 10.8 Å². The first kappa shape index (κ1) is 22.4. The number of thioether (sulfide) groups is 1. The van der Waals surface area contributed by atoms with Crippen molar-refractivity contribution in [3.05, 3.63) is 47.1 Å². The molecule has 0 bridgehead atoms. The van der Waals surface area contributed by atoms with Crippen molar-refractivity contribution in [3.8, 4) is 0 Å². The Morgan fingerprint density at radius 1 is 1.20 bits per heavy atom. The van der Waals surface area contributed by atoms with Gasteiger partial charge in [0.25, 0.3) is 0 Å². The number of rotatable bonds is 5. The van der Waals surface area contributed by atoms with Gasteiger partial charge in [-0.2, -0.15) is 11.8 Å². The Balaban J connectivity index is 1.48. The zero-order valence-corrected chi connectivity index (χ0v) is 19.7. The first-order valence-corrected chi connectivity index (χ1v) is 12.7. The first-order valence-electron chi connectivity index (χ1n) is 11.5. The van der Waals surface area contributed by atoms with Gasteiger partial charge in [0.2, 0.25) is 0 Å². The average molecular weight is 431 g/mol. The van der Waals surface area contributed by atoms with Gasteiger partial charge in [-0.1, -0.05) is 60.9 Å². The molecule has 0 unspecified atom stereocenters. The third-order valence-corrected chi connectivity index (χ3v) is 9.34. The zero-order chi connectivity index (χ0) is 21.7. The summed E-state index contributed by atoms with van der Waals surface area (Å²) >= 11 is 1.93. The van der Waals surface area contributed by atoms with Gasteiger partial charge in [0.05, 0.1) is 17.8 Å². The van der Waals surface area contributed by atoms with Gasteiger partial charge in [0.15, 0.2) is 0 Å². The minimum absolute atomic E-state index is 0.218. The van der Waals surface area contributed by atoms with Crippen molar-refractivity contribution in [3.63, 3.8) is 0 Å². The number of hydrogen-bond acceptors (Lipinski definition) is 4. The Bertz CT molecular complexity index is 802. The van der Waals surface area contributed by atoms with E-state index in [0.717, 1.165) is 24.3 Å². The summed E-state index contributed by atoms with van der Waals surface area (Å²) in [6, 6.07) is 0. The Morgan fingerprint density at radius 3 is 2.70 bits per heavy atom. The number of aliphatic hydroxyl groups is 3. The van der Waals surface area contributed by atoms with E-state index in [9.17, 15) is 15.3 Å². The number of hydrogen-bond donors (Lipinski definition) is 3. The summed E-state index contributed by atoms with van der Waals surface area (Å²) in [6.45, 7) is 8.30. The quantitative estimate of drug-likeness (QED) is 0.433. The predicted molar refractivity (Wildman–Crippen MR) is 125 cm³/mol. The van der Waals surface area contributed by atoms with E-state index in [2.05, 4.69) is 38.2 Å². The fourth-order valence-corrected chi connectivity index (χ4v) is 7.54. The molecule has 6 atom stereocenters. The molecular formula is C26H38O3S. The SMILES string of the molecule is CC(C)(O)C=CCSCC1=CC[C@H]2C3=CC=C4C[C@@H](O)C[C@H](O)[C@]4(C)[C@H]3CC[C@]12C. The van der Waals surface area contributed by atoms with E-state index in [0.29, 0.717) is 24.7 Å². The van der Waals surface area contributed by atoms with Crippen LogP contribution in [0.3, 0.4) is 0 Å². The van der Waals surface area contributed by atoms with E-state index < -0.39 is 17.8 Å². The molecule has 0 aromatic carbocycles. The second-order valence-corrected chi connectivity index (χ2v) is 11.9. The van der Waals surface area contributed by atoms with Crippen LogP contribution in [-0.4, -0.2) is 44.6 Å². The molecule has 4 heteroatoms. The van der Waals surface area contributed by atoms with E-state index in [1.165, 1.54) is 17.6 Å². The van der Waals surface area contributed by atoms with Gasteiger partial charge in [-0.15, -0.1) is 0 Å². The molecule has 0 heterocycles. The van der Waals surface area contributed by atoms with Gasteiger partial charge in [-0.3, -0.25) is 0 Å². The molecule has 0 aromatic heterocycles. The molecule has 166 valence electrons.